The van der Waals surface area contributed by atoms with Crippen molar-refractivity contribution in [1.29, 1.82) is 0 Å². The first kappa shape index (κ1) is 13.3. The summed E-state index contributed by atoms with van der Waals surface area (Å²) in [7, 11) is 0. The smallest absolute Gasteiger partial charge is 0.322 e. The minimum Gasteiger partial charge on any atom is -0.463 e. The molecule has 0 aliphatic heterocycles. The van der Waals surface area contributed by atoms with E-state index < -0.39 is 5.60 Å². The first-order valence-electron chi connectivity index (χ1n) is 6.12. The Kier molecular flexibility index (Phi) is 4.19. The number of nitrogens with zero attached hydrogens (tertiary/aromatic N) is 3. The van der Waals surface area contributed by atoms with Crippen LogP contribution in [0.15, 0.2) is 0 Å². The highest BCUT2D eigenvalue weighted by Crippen LogP contribution is 2.31. The van der Waals surface area contributed by atoms with Gasteiger partial charge in [0.15, 0.2) is 0 Å². The van der Waals surface area contributed by atoms with E-state index in [1.165, 1.54) is 0 Å². The molecule has 0 radical (unpaired) electrons. The summed E-state index contributed by atoms with van der Waals surface area (Å²) in [6.45, 7) is 2.94. The van der Waals surface area contributed by atoms with Crippen molar-refractivity contribution in [3.8, 4) is 6.01 Å². The van der Waals surface area contributed by atoms with Crippen LogP contribution in [0.5, 0.6) is 6.01 Å². The van der Waals surface area contributed by atoms with E-state index in [1.807, 2.05) is 6.92 Å². The maximum atomic E-state index is 9.95. The Morgan fingerprint density at radius 1 is 1.39 bits per heavy atom. The summed E-state index contributed by atoms with van der Waals surface area (Å²) in [6.07, 6.45) is 3.53. The van der Waals surface area contributed by atoms with E-state index in [0.717, 1.165) is 25.7 Å². The quantitative estimate of drug-likeness (QED) is 0.819. The number of hydrogen-bond donors (Lipinski definition) is 2. The second kappa shape index (κ2) is 5.67. The van der Waals surface area contributed by atoms with Gasteiger partial charge in [-0.05, 0) is 37.3 Å². The lowest BCUT2D eigenvalue weighted by molar-refractivity contribution is -0.0203. The summed E-state index contributed by atoms with van der Waals surface area (Å²) >= 11 is 5.78. The van der Waals surface area contributed by atoms with Crippen LogP contribution >= 0.6 is 11.6 Å². The monoisotopic (exact) mass is 272 g/mol. The Morgan fingerprint density at radius 3 is 2.78 bits per heavy atom. The maximum absolute atomic E-state index is 9.95. The van der Waals surface area contributed by atoms with Gasteiger partial charge in [0.2, 0.25) is 11.2 Å². The van der Waals surface area contributed by atoms with Crippen LogP contribution in [0.25, 0.3) is 0 Å². The summed E-state index contributed by atoms with van der Waals surface area (Å²) in [5, 5.41) is 13.0. The number of aliphatic hydroxyl groups is 1. The van der Waals surface area contributed by atoms with Crippen LogP contribution < -0.4 is 10.1 Å². The highest BCUT2D eigenvalue weighted by atomic mass is 35.5. The number of rotatable bonds is 6. The Morgan fingerprint density at radius 2 is 2.17 bits per heavy atom. The fraction of sp³-hybridized carbons (Fsp3) is 0.727. The molecule has 18 heavy (non-hydrogen) atoms. The fourth-order valence-electron chi connectivity index (χ4n) is 1.67. The van der Waals surface area contributed by atoms with Crippen molar-refractivity contribution in [2.45, 2.75) is 38.2 Å². The predicted molar refractivity (Wildman–Crippen MR) is 67.9 cm³/mol. The van der Waals surface area contributed by atoms with Crippen LogP contribution in [0.2, 0.25) is 5.28 Å². The van der Waals surface area contributed by atoms with Gasteiger partial charge < -0.3 is 15.2 Å². The Balaban J connectivity index is 1.96. The third kappa shape index (κ3) is 3.43. The number of anilines is 1. The summed E-state index contributed by atoms with van der Waals surface area (Å²) in [6, 6.07) is 0.208. The molecule has 0 bridgehead atoms. The van der Waals surface area contributed by atoms with E-state index in [0.29, 0.717) is 19.1 Å². The number of halogens is 1. The van der Waals surface area contributed by atoms with Crippen LogP contribution in [0, 0.1) is 0 Å². The van der Waals surface area contributed by atoms with Crippen molar-refractivity contribution in [2.75, 3.05) is 18.5 Å². The first-order valence-corrected chi connectivity index (χ1v) is 6.50. The molecule has 0 amide bonds. The third-order valence-corrected chi connectivity index (χ3v) is 3.05. The molecular weight excluding hydrogens is 256 g/mol. The van der Waals surface area contributed by atoms with Crippen LogP contribution in [0.4, 0.5) is 5.95 Å². The molecule has 100 valence electrons. The Bertz CT molecular complexity index is 412. The van der Waals surface area contributed by atoms with Crippen LogP contribution in [-0.2, 0) is 0 Å². The lowest BCUT2D eigenvalue weighted by atomic mass is 9.80. The summed E-state index contributed by atoms with van der Waals surface area (Å²) in [5.74, 6) is 0.335. The van der Waals surface area contributed by atoms with Gasteiger partial charge >= 0.3 is 6.01 Å². The minimum atomic E-state index is -0.635. The molecule has 1 aromatic heterocycles. The van der Waals surface area contributed by atoms with E-state index in [2.05, 4.69) is 20.3 Å². The highest BCUT2D eigenvalue weighted by molar-refractivity contribution is 6.28. The summed E-state index contributed by atoms with van der Waals surface area (Å²) < 4.78 is 5.30. The molecule has 1 fully saturated rings. The molecule has 6 nitrogen and oxygen atoms in total. The summed E-state index contributed by atoms with van der Waals surface area (Å²) in [5.41, 5.74) is -0.635. The number of nitrogens with one attached hydrogen (secondary N) is 1. The third-order valence-electron chi connectivity index (χ3n) is 2.88. The summed E-state index contributed by atoms with van der Waals surface area (Å²) in [4.78, 5) is 11.9. The van der Waals surface area contributed by atoms with E-state index in [4.69, 9.17) is 16.3 Å². The molecule has 0 unspecified atom stereocenters. The van der Waals surface area contributed by atoms with Gasteiger partial charge in [0.25, 0.3) is 0 Å². The zero-order valence-corrected chi connectivity index (χ0v) is 11.1. The second-order valence-corrected chi connectivity index (χ2v) is 4.83. The van der Waals surface area contributed by atoms with Gasteiger partial charge in [0, 0.05) is 6.54 Å². The van der Waals surface area contributed by atoms with Crippen molar-refractivity contribution in [2.24, 2.45) is 0 Å². The molecule has 0 saturated heterocycles. The Hall–Kier alpha value is -1.14. The van der Waals surface area contributed by atoms with Gasteiger partial charge in [-0.3, -0.25) is 0 Å². The van der Waals surface area contributed by atoms with Crippen molar-refractivity contribution >= 4 is 17.5 Å². The molecule has 2 rings (SSSR count). The largest absolute Gasteiger partial charge is 0.463 e. The van der Waals surface area contributed by atoms with Crippen molar-refractivity contribution in [1.82, 2.24) is 15.0 Å². The zero-order chi connectivity index (χ0) is 13.0. The van der Waals surface area contributed by atoms with Gasteiger partial charge in [0.1, 0.15) is 0 Å². The Labute approximate surface area is 111 Å². The average Bonchev–Trinajstić information content (AvgIpc) is 2.31. The van der Waals surface area contributed by atoms with E-state index in [1.54, 1.807) is 0 Å². The molecule has 2 N–H and O–H groups in total. The molecule has 1 aliphatic carbocycles. The lowest BCUT2D eigenvalue weighted by Crippen LogP contribution is -2.43. The lowest BCUT2D eigenvalue weighted by Gasteiger charge is -2.36. The van der Waals surface area contributed by atoms with Gasteiger partial charge in [-0.25, -0.2) is 0 Å². The molecule has 1 heterocycles. The average molecular weight is 273 g/mol. The second-order valence-electron chi connectivity index (χ2n) is 4.49. The topological polar surface area (TPSA) is 80.2 Å². The molecule has 1 saturated carbocycles. The minimum absolute atomic E-state index is 0.0826. The predicted octanol–water partition coefficient (Wildman–Crippen LogP) is 1.64. The molecular formula is C11H17ClN4O2. The molecule has 1 aromatic rings. The van der Waals surface area contributed by atoms with E-state index in [9.17, 15) is 5.11 Å². The standard InChI is InChI=1S/C11H17ClN4O2/c1-2-6-18-10-15-8(12)14-9(16-10)13-7-11(17)4-3-5-11/h17H,2-7H2,1H3,(H,13,14,15,16). The fourth-order valence-corrected chi connectivity index (χ4v) is 1.83. The van der Waals surface area contributed by atoms with Crippen molar-refractivity contribution < 1.29 is 9.84 Å². The SMILES string of the molecule is CCCOc1nc(Cl)nc(NCC2(O)CCC2)n1. The zero-order valence-electron chi connectivity index (χ0n) is 10.3. The van der Waals surface area contributed by atoms with Gasteiger partial charge in [-0.1, -0.05) is 6.92 Å². The first-order chi connectivity index (χ1) is 8.61. The maximum Gasteiger partial charge on any atom is 0.322 e. The van der Waals surface area contributed by atoms with Crippen LogP contribution in [0.1, 0.15) is 32.6 Å². The molecule has 7 heteroatoms. The van der Waals surface area contributed by atoms with E-state index in [-0.39, 0.29) is 11.3 Å². The van der Waals surface area contributed by atoms with E-state index >= 15 is 0 Å². The van der Waals surface area contributed by atoms with Gasteiger partial charge in [-0.2, -0.15) is 15.0 Å². The number of aromatic nitrogens is 3. The highest BCUT2D eigenvalue weighted by Gasteiger charge is 2.34. The van der Waals surface area contributed by atoms with Gasteiger partial charge in [0.05, 0.1) is 12.2 Å². The van der Waals surface area contributed by atoms with Gasteiger partial charge in [-0.15, -0.1) is 0 Å². The normalized spacial score (nSPS) is 17.1. The molecule has 1 aliphatic rings. The molecule has 0 aromatic carbocycles. The van der Waals surface area contributed by atoms with Crippen LogP contribution in [0.3, 0.4) is 0 Å². The number of ether oxygens (including phenoxy) is 1. The van der Waals surface area contributed by atoms with Crippen LogP contribution in [-0.4, -0.2) is 38.8 Å². The van der Waals surface area contributed by atoms with Crippen molar-refractivity contribution in [3.05, 3.63) is 5.28 Å². The number of hydrogen-bond acceptors (Lipinski definition) is 6. The molecule has 0 spiro atoms. The van der Waals surface area contributed by atoms with Crippen molar-refractivity contribution in [3.63, 3.8) is 0 Å². The molecule has 0 atom stereocenters.